The smallest absolute Gasteiger partial charge is 0.225 e. The summed E-state index contributed by atoms with van der Waals surface area (Å²) < 4.78 is 0. The van der Waals surface area contributed by atoms with Crippen LogP contribution in [0.15, 0.2) is 0 Å². The quantitative estimate of drug-likeness (QED) is 0.812. The van der Waals surface area contributed by atoms with Crippen molar-refractivity contribution in [1.29, 1.82) is 0 Å². The maximum absolute atomic E-state index is 12.1. The molecule has 1 fully saturated rings. The molecule has 1 saturated heterocycles. The molecule has 2 atom stereocenters. The molecule has 0 spiro atoms. The first-order valence-corrected chi connectivity index (χ1v) is 7.53. The van der Waals surface area contributed by atoms with E-state index >= 15 is 0 Å². The van der Waals surface area contributed by atoms with E-state index < -0.39 is 5.41 Å². The number of likely N-dealkylation sites (tertiary alicyclic amines) is 1. The molecule has 0 aromatic rings. The molecule has 20 heavy (non-hydrogen) atoms. The molecule has 0 aromatic carbocycles. The Morgan fingerprint density at radius 3 is 2.60 bits per heavy atom. The van der Waals surface area contributed by atoms with Gasteiger partial charge in [-0.3, -0.25) is 9.59 Å². The Kier molecular flexibility index (Phi) is 5.99. The predicted octanol–water partition coefficient (Wildman–Crippen LogP) is 1.12. The summed E-state index contributed by atoms with van der Waals surface area (Å²) >= 11 is 0. The normalized spacial score (nSPS) is 21.4. The molecular weight excluding hydrogens is 254 g/mol. The number of carbonyl (C=O) groups is 2. The third-order valence-electron chi connectivity index (χ3n) is 3.86. The highest BCUT2D eigenvalue weighted by Gasteiger charge is 2.26. The highest BCUT2D eigenvalue weighted by Crippen LogP contribution is 2.19. The van der Waals surface area contributed by atoms with Crippen LogP contribution < -0.4 is 11.1 Å². The van der Waals surface area contributed by atoms with Crippen molar-refractivity contribution in [3.05, 3.63) is 0 Å². The van der Waals surface area contributed by atoms with Gasteiger partial charge in [0, 0.05) is 37.5 Å². The molecule has 1 heterocycles. The van der Waals surface area contributed by atoms with Gasteiger partial charge in [-0.2, -0.15) is 0 Å². The molecule has 0 aliphatic carbocycles. The molecule has 0 bridgehead atoms. The van der Waals surface area contributed by atoms with Crippen LogP contribution in [0.2, 0.25) is 0 Å². The van der Waals surface area contributed by atoms with Crippen LogP contribution in [0.5, 0.6) is 0 Å². The maximum atomic E-state index is 12.1. The SMILES string of the molecule is CC(N)C1CCCN(C(=O)CCNC(=O)C(C)(C)C)C1. The van der Waals surface area contributed by atoms with Crippen molar-refractivity contribution >= 4 is 11.8 Å². The van der Waals surface area contributed by atoms with E-state index in [1.807, 2.05) is 32.6 Å². The number of nitrogens with zero attached hydrogens (tertiary/aromatic N) is 1. The molecule has 0 radical (unpaired) electrons. The van der Waals surface area contributed by atoms with E-state index in [0.29, 0.717) is 18.9 Å². The molecule has 0 saturated carbocycles. The largest absolute Gasteiger partial charge is 0.355 e. The fraction of sp³-hybridized carbons (Fsp3) is 0.867. The summed E-state index contributed by atoms with van der Waals surface area (Å²) in [5.74, 6) is 0.499. The van der Waals surface area contributed by atoms with E-state index in [2.05, 4.69) is 5.32 Å². The molecule has 3 N–H and O–H groups in total. The fourth-order valence-corrected chi connectivity index (χ4v) is 2.37. The molecule has 2 amide bonds. The second-order valence-corrected chi connectivity index (χ2v) is 6.86. The molecule has 5 heteroatoms. The average molecular weight is 283 g/mol. The van der Waals surface area contributed by atoms with Crippen LogP contribution in [0.1, 0.15) is 47.0 Å². The summed E-state index contributed by atoms with van der Waals surface area (Å²) in [4.78, 5) is 25.7. The number of nitrogens with two attached hydrogens (primary N) is 1. The van der Waals surface area contributed by atoms with Gasteiger partial charge in [0.05, 0.1) is 0 Å². The van der Waals surface area contributed by atoms with Gasteiger partial charge in [0.15, 0.2) is 0 Å². The maximum Gasteiger partial charge on any atom is 0.225 e. The Hall–Kier alpha value is -1.10. The molecule has 1 aliphatic heterocycles. The van der Waals surface area contributed by atoms with Crippen molar-refractivity contribution in [1.82, 2.24) is 10.2 Å². The van der Waals surface area contributed by atoms with E-state index in [1.165, 1.54) is 0 Å². The Balaban J connectivity index is 2.34. The van der Waals surface area contributed by atoms with Crippen LogP contribution in [-0.4, -0.2) is 42.4 Å². The van der Waals surface area contributed by atoms with E-state index in [0.717, 1.165) is 25.9 Å². The number of amides is 2. The first-order valence-electron chi connectivity index (χ1n) is 7.53. The number of nitrogens with one attached hydrogen (secondary N) is 1. The highest BCUT2D eigenvalue weighted by atomic mass is 16.2. The summed E-state index contributed by atoms with van der Waals surface area (Å²) in [6.45, 7) is 9.57. The van der Waals surface area contributed by atoms with E-state index in [1.54, 1.807) is 0 Å². The Morgan fingerprint density at radius 2 is 2.05 bits per heavy atom. The summed E-state index contributed by atoms with van der Waals surface area (Å²) in [6.07, 6.45) is 2.49. The molecule has 1 aliphatic rings. The Morgan fingerprint density at radius 1 is 1.40 bits per heavy atom. The van der Waals surface area contributed by atoms with Gasteiger partial charge in [-0.25, -0.2) is 0 Å². The van der Waals surface area contributed by atoms with Crippen molar-refractivity contribution in [2.45, 2.75) is 53.0 Å². The molecule has 116 valence electrons. The Labute approximate surface area is 122 Å². The van der Waals surface area contributed by atoms with Gasteiger partial charge in [0.1, 0.15) is 0 Å². The lowest BCUT2D eigenvalue weighted by molar-refractivity contribution is -0.133. The molecule has 1 rings (SSSR count). The zero-order valence-electron chi connectivity index (χ0n) is 13.2. The van der Waals surface area contributed by atoms with Crippen molar-refractivity contribution in [3.63, 3.8) is 0 Å². The van der Waals surface area contributed by atoms with Crippen molar-refractivity contribution in [3.8, 4) is 0 Å². The number of hydrogen-bond donors (Lipinski definition) is 2. The zero-order chi connectivity index (χ0) is 15.3. The number of carbonyl (C=O) groups excluding carboxylic acids is 2. The number of hydrogen-bond acceptors (Lipinski definition) is 3. The minimum Gasteiger partial charge on any atom is -0.355 e. The predicted molar refractivity (Wildman–Crippen MR) is 80.0 cm³/mol. The standard InChI is InChI=1S/C15H29N3O2/c1-11(16)12-6-5-9-18(10-12)13(19)7-8-17-14(20)15(2,3)4/h11-12H,5-10,16H2,1-4H3,(H,17,20). The van der Waals surface area contributed by atoms with Crippen LogP contribution in [0, 0.1) is 11.3 Å². The lowest BCUT2D eigenvalue weighted by Gasteiger charge is -2.34. The summed E-state index contributed by atoms with van der Waals surface area (Å²) in [6, 6.07) is 0.131. The van der Waals surface area contributed by atoms with Gasteiger partial charge < -0.3 is 16.0 Å². The Bertz CT molecular complexity index is 348. The molecule has 0 aromatic heterocycles. The summed E-state index contributed by atoms with van der Waals surface area (Å²) in [5, 5.41) is 2.82. The second-order valence-electron chi connectivity index (χ2n) is 6.86. The van der Waals surface area contributed by atoms with Gasteiger partial charge in [-0.15, -0.1) is 0 Å². The van der Waals surface area contributed by atoms with E-state index in [9.17, 15) is 9.59 Å². The van der Waals surface area contributed by atoms with Crippen LogP contribution in [0.4, 0.5) is 0 Å². The fourth-order valence-electron chi connectivity index (χ4n) is 2.37. The van der Waals surface area contributed by atoms with Crippen LogP contribution in [-0.2, 0) is 9.59 Å². The topological polar surface area (TPSA) is 75.4 Å². The summed E-state index contributed by atoms with van der Waals surface area (Å²) in [7, 11) is 0. The van der Waals surface area contributed by atoms with Crippen molar-refractivity contribution in [2.24, 2.45) is 17.1 Å². The minimum absolute atomic E-state index is 0.0163. The minimum atomic E-state index is -0.408. The monoisotopic (exact) mass is 283 g/mol. The van der Waals surface area contributed by atoms with Crippen molar-refractivity contribution < 1.29 is 9.59 Å². The second kappa shape index (κ2) is 7.07. The number of piperidine rings is 1. The third kappa shape index (κ3) is 5.12. The number of rotatable bonds is 4. The van der Waals surface area contributed by atoms with Gasteiger partial charge in [0.2, 0.25) is 11.8 Å². The van der Waals surface area contributed by atoms with Gasteiger partial charge >= 0.3 is 0 Å². The molecular formula is C15H29N3O2. The third-order valence-corrected chi connectivity index (χ3v) is 3.86. The van der Waals surface area contributed by atoms with Crippen LogP contribution in [0.3, 0.4) is 0 Å². The molecule has 2 unspecified atom stereocenters. The first-order chi connectivity index (χ1) is 9.21. The average Bonchev–Trinajstić information content (AvgIpc) is 2.37. The zero-order valence-corrected chi connectivity index (χ0v) is 13.2. The van der Waals surface area contributed by atoms with Crippen molar-refractivity contribution in [2.75, 3.05) is 19.6 Å². The van der Waals surface area contributed by atoms with Gasteiger partial charge in [0.25, 0.3) is 0 Å². The van der Waals surface area contributed by atoms with E-state index in [4.69, 9.17) is 5.73 Å². The first kappa shape index (κ1) is 17.0. The molecule has 5 nitrogen and oxygen atoms in total. The lowest BCUT2D eigenvalue weighted by atomic mass is 9.92. The van der Waals surface area contributed by atoms with E-state index in [-0.39, 0.29) is 17.9 Å². The summed E-state index contributed by atoms with van der Waals surface area (Å²) in [5.41, 5.74) is 5.51. The van der Waals surface area contributed by atoms with Crippen LogP contribution in [0.25, 0.3) is 0 Å². The van der Waals surface area contributed by atoms with Crippen LogP contribution >= 0.6 is 0 Å². The van der Waals surface area contributed by atoms with Gasteiger partial charge in [-0.05, 0) is 25.7 Å². The highest BCUT2D eigenvalue weighted by molar-refractivity contribution is 5.82. The van der Waals surface area contributed by atoms with Gasteiger partial charge in [-0.1, -0.05) is 20.8 Å². The lowest BCUT2D eigenvalue weighted by Crippen LogP contribution is -2.46.